The highest BCUT2D eigenvalue weighted by Gasteiger charge is 2.32. The molecule has 0 aromatic carbocycles. The van der Waals surface area contributed by atoms with Crippen molar-refractivity contribution in [2.24, 2.45) is 0 Å². The van der Waals surface area contributed by atoms with Crippen LogP contribution in [-0.2, 0) is 4.74 Å². The lowest BCUT2D eigenvalue weighted by Gasteiger charge is -2.38. The van der Waals surface area contributed by atoms with Gasteiger partial charge in [-0.15, -0.1) is 5.10 Å². The number of ether oxygens (including phenoxy) is 1. The molecule has 0 saturated carbocycles. The van der Waals surface area contributed by atoms with E-state index in [1.807, 2.05) is 6.20 Å². The molecule has 1 aromatic heterocycles. The van der Waals surface area contributed by atoms with Gasteiger partial charge in [-0.3, -0.25) is 0 Å². The van der Waals surface area contributed by atoms with E-state index in [1.165, 1.54) is 0 Å². The third kappa shape index (κ3) is 2.31. The summed E-state index contributed by atoms with van der Waals surface area (Å²) in [6, 6.07) is 0.253. The molecular weight excluding hydrogens is 234 g/mol. The zero-order valence-corrected chi connectivity index (χ0v) is 10.2. The topological polar surface area (TPSA) is 72.3 Å². The van der Waals surface area contributed by atoms with Crippen LogP contribution in [0, 0.1) is 0 Å². The van der Waals surface area contributed by atoms with Crippen LogP contribution in [0.4, 0.5) is 4.79 Å². The minimum Gasteiger partial charge on any atom is -0.376 e. The van der Waals surface area contributed by atoms with Gasteiger partial charge in [-0.25, -0.2) is 9.48 Å². The maximum Gasteiger partial charge on any atom is 0.317 e. The normalized spacial score (nSPS) is 24.0. The van der Waals surface area contributed by atoms with E-state index in [4.69, 9.17) is 4.74 Å². The van der Waals surface area contributed by atoms with Gasteiger partial charge >= 0.3 is 6.03 Å². The quantitative estimate of drug-likeness (QED) is 0.822. The van der Waals surface area contributed by atoms with E-state index in [-0.39, 0.29) is 18.2 Å². The Labute approximate surface area is 105 Å². The van der Waals surface area contributed by atoms with Crippen LogP contribution in [0.5, 0.6) is 0 Å². The van der Waals surface area contributed by atoms with E-state index >= 15 is 0 Å². The number of urea groups is 1. The first-order chi connectivity index (χ1) is 8.83. The lowest BCUT2D eigenvalue weighted by atomic mass is 10.1. The molecule has 1 aromatic rings. The predicted octanol–water partition coefficient (Wildman–Crippen LogP) is 0.0234. The molecule has 18 heavy (non-hydrogen) atoms. The number of aromatic nitrogens is 3. The van der Waals surface area contributed by atoms with Gasteiger partial charge in [-0.2, -0.15) is 0 Å². The Kier molecular flexibility index (Phi) is 3.14. The maximum atomic E-state index is 11.8. The number of rotatable bonds is 3. The summed E-state index contributed by atoms with van der Waals surface area (Å²) in [7, 11) is 0. The van der Waals surface area contributed by atoms with Gasteiger partial charge in [0.25, 0.3) is 0 Å². The van der Waals surface area contributed by atoms with Crippen molar-refractivity contribution in [1.82, 2.24) is 25.2 Å². The smallest absolute Gasteiger partial charge is 0.317 e. The number of carbonyl (C=O) groups is 1. The Balaban J connectivity index is 1.39. The molecule has 1 atom stereocenters. The molecular formula is C11H17N5O2. The van der Waals surface area contributed by atoms with Gasteiger partial charge in [0.1, 0.15) is 0 Å². The van der Waals surface area contributed by atoms with E-state index in [0.717, 1.165) is 19.4 Å². The summed E-state index contributed by atoms with van der Waals surface area (Å²) in [5, 5.41) is 10.6. The molecule has 98 valence electrons. The molecule has 3 rings (SSSR count). The van der Waals surface area contributed by atoms with E-state index in [0.29, 0.717) is 19.6 Å². The summed E-state index contributed by atoms with van der Waals surface area (Å²) in [5.41, 5.74) is 0. The Hall–Kier alpha value is -1.63. The molecule has 0 bridgehead atoms. The molecule has 1 N–H and O–H groups in total. The van der Waals surface area contributed by atoms with Gasteiger partial charge in [0.2, 0.25) is 0 Å². The number of amides is 2. The monoisotopic (exact) mass is 251 g/mol. The molecule has 7 nitrogen and oxygen atoms in total. The lowest BCUT2D eigenvalue weighted by molar-refractivity contribution is 0.0961. The van der Waals surface area contributed by atoms with Crippen LogP contribution in [0.2, 0.25) is 0 Å². The van der Waals surface area contributed by atoms with Crippen molar-refractivity contribution < 1.29 is 9.53 Å². The van der Waals surface area contributed by atoms with Crippen LogP contribution in [-0.4, -0.2) is 58.3 Å². The average molecular weight is 251 g/mol. The van der Waals surface area contributed by atoms with Crippen LogP contribution in [0.25, 0.3) is 0 Å². The van der Waals surface area contributed by atoms with E-state index < -0.39 is 0 Å². The van der Waals surface area contributed by atoms with Crippen LogP contribution in [0.3, 0.4) is 0 Å². The maximum absolute atomic E-state index is 11.8. The van der Waals surface area contributed by atoms with Crippen LogP contribution in [0.15, 0.2) is 12.4 Å². The van der Waals surface area contributed by atoms with Gasteiger partial charge in [0, 0.05) is 32.4 Å². The van der Waals surface area contributed by atoms with Crippen molar-refractivity contribution in [3.8, 4) is 0 Å². The number of carbonyl (C=O) groups excluding carboxylic acids is 1. The molecule has 2 aliphatic heterocycles. The number of nitrogens with zero attached hydrogens (tertiary/aromatic N) is 4. The van der Waals surface area contributed by atoms with E-state index in [2.05, 4.69) is 15.6 Å². The molecule has 2 saturated heterocycles. The SMILES string of the molecule is O=C(NCC1CCCO1)N1CC(n2ccnn2)C1. The molecule has 1 unspecified atom stereocenters. The average Bonchev–Trinajstić information content (AvgIpc) is 2.97. The van der Waals surface area contributed by atoms with Gasteiger partial charge in [-0.1, -0.05) is 5.21 Å². The highest BCUT2D eigenvalue weighted by Crippen LogP contribution is 2.19. The largest absolute Gasteiger partial charge is 0.376 e. The zero-order valence-electron chi connectivity index (χ0n) is 10.2. The molecule has 3 heterocycles. The number of likely N-dealkylation sites (tertiary alicyclic amines) is 1. The second kappa shape index (κ2) is 4.93. The molecule has 0 spiro atoms. The predicted molar refractivity (Wildman–Crippen MR) is 63.0 cm³/mol. The van der Waals surface area contributed by atoms with Crippen molar-refractivity contribution >= 4 is 6.03 Å². The van der Waals surface area contributed by atoms with Crippen molar-refractivity contribution in [3.63, 3.8) is 0 Å². The number of hydrogen-bond acceptors (Lipinski definition) is 4. The Morgan fingerprint density at radius 2 is 2.39 bits per heavy atom. The molecule has 0 radical (unpaired) electrons. The first-order valence-corrected chi connectivity index (χ1v) is 6.33. The van der Waals surface area contributed by atoms with E-state index in [1.54, 1.807) is 15.8 Å². The molecule has 7 heteroatoms. The van der Waals surface area contributed by atoms with Crippen molar-refractivity contribution in [2.45, 2.75) is 25.0 Å². The standard InChI is InChI=1S/C11H17N5O2/c17-11(12-6-10-2-1-5-18-10)15-7-9(8-15)16-4-3-13-14-16/h3-4,9-10H,1-2,5-8H2,(H,12,17). The second-order valence-corrected chi connectivity index (χ2v) is 4.76. The number of nitrogens with one attached hydrogen (secondary N) is 1. The van der Waals surface area contributed by atoms with Crippen LogP contribution < -0.4 is 5.32 Å². The minimum atomic E-state index is -0.0122. The van der Waals surface area contributed by atoms with Crippen molar-refractivity contribution in [3.05, 3.63) is 12.4 Å². The molecule has 2 fully saturated rings. The zero-order chi connectivity index (χ0) is 12.4. The van der Waals surface area contributed by atoms with Gasteiger partial charge in [0.15, 0.2) is 0 Å². The van der Waals surface area contributed by atoms with Crippen LogP contribution >= 0.6 is 0 Å². The summed E-state index contributed by atoms with van der Waals surface area (Å²) in [5.74, 6) is 0. The first-order valence-electron chi connectivity index (χ1n) is 6.33. The van der Waals surface area contributed by atoms with Gasteiger partial charge in [0.05, 0.1) is 18.3 Å². The second-order valence-electron chi connectivity index (χ2n) is 4.76. The summed E-state index contributed by atoms with van der Waals surface area (Å²) < 4.78 is 7.25. The Morgan fingerprint density at radius 1 is 1.50 bits per heavy atom. The highest BCUT2D eigenvalue weighted by molar-refractivity contribution is 5.75. The third-order valence-corrected chi connectivity index (χ3v) is 3.47. The third-order valence-electron chi connectivity index (χ3n) is 3.47. The fourth-order valence-corrected chi connectivity index (χ4v) is 2.32. The molecule has 2 aliphatic rings. The first kappa shape index (κ1) is 11.5. The van der Waals surface area contributed by atoms with Gasteiger partial charge in [-0.05, 0) is 12.8 Å². The fourth-order valence-electron chi connectivity index (χ4n) is 2.32. The van der Waals surface area contributed by atoms with Crippen LogP contribution in [0.1, 0.15) is 18.9 Å². The summed E-state index contributed by atoms with van der Waals surface area (Å²) >= 11 is 0. The minimum absolute atomic E-state index is 0.0122. The van der Waals surface area contributed by atoms with Crippen molar-refractivity contribution in [1.29, 1.82) is 0 Å². The summed E-state index contributed by atoms with van der Waals surface area (Å²) in [6.07, 6.45) is 5.81. The fraction of sp³-hybridized carbons (Fsp3) is 0.727. The Morgan fingerprint density at radius 3 is 3.06 bits per heavy atom. The van der Waals surface area contributed by atoms with Crippen molar-refractivity contribution in [2.75, 3.05) is 26.2 Å². The molecule has 2 amide bonds. The lowest BCUT2D eigenvalue weighted by Crippen LogP contribution is -2.55. The van der Waals surface area contributed by atoms with Gasteiger partial charge < -0.3 is 15.0 Å². The summed E-state index contributed by atoms with van der Waals surface area (Å²) in [6.45, 7) is 2.82. The molecule has 0 aliphatic carbocycles. The number of hydrogen-bond donors (Lipinski definition) is 1. The van der Waals surface area contributed by atoms with E-state index in [9.17, 15) is 4.79 Å². The Bertz CT molecular complexity index is 396. The highest BCUT2D eigenvalue weighted by atomic mass is 16.5. The summed E-state index contributed by atoms with van der Waals surface area (Å²) in [4.78, 5) is 13.6.